The van der Waals surface area contributed by atoms with Gasteiger partial charge in [0.1, 0.15) is 6.04 Å². The minimum Gasteiger partial charge on any atom is -0.493 e. The smallest absolute Gasteiger partial charge is 0.242 e. The predicted molar refractivity (Wildman–Crippen MR) is 124 cm³/mol. The Hall–Kier alpha value is -3.55. The molecule has 2 aromatic carbocycles. The second kappa shape index (κ2) is 12.3. The zero-order valence-electron chi connectivity index (χ0n) is 19.0. The monoisotopic (exact) mass is 440 g/mol. The van der Waals surface area contributed by atoms with Crippen molar-refractivity contribution in [3.63, 3.8) is 0 Å². The van der Waals surface area contributed by atoms with Crippen molar-refractivity contribution in [3.8, 4) is 11.5 Å². The van der Waals surface area contributed by atoms with Gasteiger partial charge in [-0.1, -0.05) is 50.2 Å². The van der Waals surface area contributed by atoms with Crippen LogP contribution in [0.3, 0.4) is 0 Å². The zero-order valence-corrected chi connectivity index (χ0v) is 19.0. The number of methoxy groups -OCH3 is 2. The van der Waals surface area contributed by atoms with Gasteiger partial charge < -0.3 is 20.1 Å². The summed E-state index contributed by atoms with van der Waals surface area (Å²) in [5.41, 5.74) is 1.66. The quantitative estimate of drug-likeness (QED) is 0.334. The number of rotatable bonds is 10. The summed E-state index contributed by atoms with van der Waals surface area (Å²) in [7, 11) is 3.07. The summed E-state index contributed by atoms with van der Waals surface area (Å²) in [6.07, 6.45) is 0.437. The highest BCUT2D eigenvalue weighted by atomic mass is 16.5. The minimum absolute atomic E-state index is 0.0489. The third-order valence-electron chi connectivity index (χ3n) is 4.68. The van der Waals surface area contributed by atoms with Crippen molar-refractivity contribution in [1.29, 1.82) is 5.41 Å². The number of ether oxygens (including phenoxy) is 2. The second-order valence-electron chi connectivity index (χ2n) is 7.81. The first kappa shape index (κ1) is 24.7. The Kier molecular flexibility index (Phi) is 9.53. The van der Waals surface area contributed by atoms with Crippen LogP contribution >= 0.6 is 0 Å². The van der Waals surface area contributed by atoms with Crippen molar-refractivity contribution in [3.05, 3.63) is 59.7 Å². The van der Waals surface area contributed by atoms with Crippen LogP contribution in [-0.4, -0.2) is 44.6 Å². The molecule has 4 N–H and O–H groups in total. The summed E-state index contributed by atoms with van der Waals surface area (Å²) in [5, 5.41) is 16.4. The third-order valence-corrected chi connectivity index (χ3v) is 4.68. The lowest BCUT2D eigenvalue weighted by Gasteiger charge is -2.21. The Morgan fingerprint density at radius 1 is 0.969 bits per heavy atom. The molecule has 0 saturated carbocycles. The molecule has 2 rings (SSSR count). The van der Waals surface area contributed by atoms with E-state index in [-0.39, 0.29) is 24.2 Å². The van der Waals surface area contributed by atoms with Crippen molar-refractivity contribution in [2.75, 3.05) is 20.8 Å². The van der Waals surface area contributed by atoms with Gasteiger partial charge in [-0.3, -0.25) is 20.3 Å². The van der Waals surface area contributed by atoms with Crippen LogP contribution < -0.4 is 25.4 Å². The maximum atomic E-state index is 12.7. The number of carbonyl (C=O) groups is 2. The Balaban J connectivity index is 2.00. The van der Waals surface area contributed by atoms with Gasteiger partial charge in [0.25, 0.3) is 0 Å². The number of guanidine groups is 1. The minimum atomic E-state index is -0.690. The second-order valence-corrected chi connectivity index (χ2v) is 7.81. The van der Waals surface area contributed by atoms with E-state index in [0.717, 1.165) is 5.56 Å². The molecule has 32 heavy (non-hydrogen) atoms. The largest absolute Gasteiger partial charge is 0.493 e. The molecule has 0 aromatic heterocycles. The number of hydrogen-bond acceptors (Lipinski definition) is 5. The first-order valence-electron chi connectivity index (χ1n) is 10.5. The molecular weight excluding hydrogens is 408 g/mol. The van der Waals surface area contributed by atoms with E-state index in [2.05, 4.69) is 16.0 Å². The van der Waals surface area contributed by atoms with E-state index >= 15 is 0 Å². The fraction of sp³-hybridized carbons (Fsp3) is 0.375. The van der Waals surface area contributed by atoms with E-state index in [0.29, 0.717) is 35.9 Å². The predicted octanol–water partition coefficient (Wildman–Crippen LogP) is 2.27. The molecule has 0 bridgehead atoms. The Morgan fingerprint density at radius 2 is 1.66 bits per heavy atom. The molecule has 172 valence electrons. The average molecular weight is 441 g/mol. The van der Waals surface area contributed by atoms with Crippen molar-refractivity contribution in [2.45, 2.75) is 32.7 Å². The molecule has 0 fully saturated rings. The molecule has 0 aliphatic carbocycles. The van der Waals surface area contributed by atoms with Crippen LogP contribution in [0, 0.1) is 11.3 Å². The molecule has 0 aliphatic rings. The fourth-order valence-electron chi connectivity index (χ4n) is 3.06. The molecule has 8 heteroatoms. The molecule has 0 radical (unpaired) electrons. The normalized spacial score (nSPS) is 11.4. The molecule has 0 heterocycles. The summed E-state index contributed by atoms with van der Waals surface area (Å²) < 4.78 is 10.5. The summed E-state index contributed by atoms with van der Waals surface area (Å²) in [4.78, 5) is 25.1. The maximum Gasteiger partial charge on any atom is 0.242 e. The van der Waals surface area contributed by atoms with Gasteiger partial charge in [0.05, 0.1) is 20.6 Å². The van der Waals surface area contributed by atoms with Gasteiger partial charge in [0.2, 0.25) is 11.8 Å². The highest BCUT2D eigenvalue weighted by Gasteiger charge is 2.21. The van der Waals surface area contributed by atoms with Crippen molar-refractivity contribution in [1.82, 2.24) is 16.0 Å². The summed E-state index contributed by atoms with van der Waals surface area (Å²) in [6.45, 7) is 4.55. The van der Waals surface area contributed by atoms with Crippen LogP contribution in [0.15, 0.2) is 48.5 Å². The zero-order chi connectivity index (χ0) is 23.5. The lowest BCUT2D eigenvalue weighted by Crippen LogP contribution is -2.53. The Bertz CT molecular complexity index is 915. The molecule has 0 spiro atoms. The van der Waals surface area contributed by atoms with Gasteiger partial charge >= 0.3 is 0 Å². The van der Waals surface area contributed by atoms with Gasteiger partial charge in [-0.05, 0) is 29.2 Å². The van der Waals surface area contributed by atoms with Crippen LogP contribution in [-0.2, 0) is 22.4 Å². The van der Waals surface area contributed by atoms with E-state index in [9.17, 15) is 9.59 Å². The van der Waals surface area contributed by atoms with E-state index in [1.165, 1.54) is 7.11 Å². The fourth-order valence-corrected chi connectivity index (χ4v) is 3.06. The highest BCUT2D eigenvalue weighted by Crippen LogP contribution is 2.27. The number of benzene rings is 2. The van der Waals surface area contributed by atoms with Gasteiger partial charge in [0, 0.05) is 13.0 Å². The van der Waals surface area contributed by atoms with Crippen LogP contribution in [0.25, 0.3) is 0 Å². The molecule has 8 nitrogen and oxygen atoms in total. The van der Waals surface area contributed by atoms with Crippen LogP contribution in [0.1, 0.15) is 25.0 Å². The molecule has 0 unspecified atom stereocenters. The number of nitrogens with one attached hydrogen (secondary N) is 4. The molecule has 1 atom stereocenters. The van der Waals surface area contributed by atoms with E-state index in [4.69, 9.17) is 14.9 Å². The van der Waals surface area contributed by atoms with Crippen LogP contribution in [0.4, 0.5) is 0 Å². The van der Waals surface area contributed by atoms with E-state index in [1.54, 1.807) is 25.3 Å². The van der Waals surface area contributed by atoms with Gasteiger partial charge in [-0.2, -0.15) is 0 Å². The maximum absolute atomic E-state index is 12.7. The standard InChI is InChI=1S/C24H32N4O4/c1-16(2)15-26-23(30)19(12-17-8-6-5-7-9-17)27-24(25)28-22(29)14-18-10-11-20(31-3)21(13-18)32-4/h5-11,13,16,19H,12,14-15H2,1-4H3,(H,26,30)(H3,25,27,28,29)/t19-/m1/s1. The average Bonchev–Trinajstić information content (AvgIpc) is 2.77. The molecular formula is C24H32N4O4. The number of amides is 2. The van der Waals surface area contributed by atoms with Crippen LogP contribution in [0.2, 0.25) is 0 Å². The summed E-state index contributed by atoms with van der Waals surface area (Å²) >= 11 is 0. The third kappa shape index (κ3) is 7.94. The topological polar surface area (TPSA) is 113 Å². The Labute approximate surface area is 189 Å². The van der Waals surface area contributed by atoms with Gasteiger partial charge in [0.15, 0.2) is 17.5 Å². The van der Waals surface area contributed by atoms with E-state index < -0.39 is 6.04 Å². The lowest BCUT2D eigenvalue weighted by atomic mass is 10.1. The van der Waals surface area contributed by atoms with Crippen molar-refractivity contribution in [2.24, 2.45) is 5.92 Å². The van der Waals surface area contributed by atoms with Gasteiger partial charge in [-0.15, -0.1) is 0 Å². The van der Waals surface area contributed by atoms with Crippen LogP contribution in [0.5, 0.6) is 11.5 Å². The first-order chi connectivity index (χ1) is 15.3. The van der Waals surface area contributed by atoms with Crippen molar-refractivity contribution >= 4 is 17.8 Å². The molecule has 2 amide bonds. The number of carbonyl (C=O) groups excluding carboxylic acids is 2. The summed E-state index contributed by atoms with van der Waals surface area (Å²) in [5.74, 6) is 0.572. The first-order valence-corrected chi connectivity index (χ1v) is 10.5. The van der Waals surface area contributed by atoms with Gasteiger partial charge in [-0.25, -0.2) is 0 Å². The Morgan fingerprint density at radius 3 is 2.28 bits per heavy atom. The highest BCUT2D eigenvalue weighted by molar-refractivity contribution is 5.98. The lowest BCUT2D eigenvalue weighted by molar-refractivity contribution is -0.123. The van der Waals surface area contributed by atoms with E-state index in [1.807, 2.05) is 44.2 Å². The summed E-state index contributed by atoms with van der Waals surface area (Å²) in [6, 6.07) is 14.0. The molecule has 2 aromatic rings. The SMILES string of the molecule is COc1ccc(CC(=O)NC(=N)N[C@H](Cc2ccccc2)C(=O)NCC(C)C)cc1OC. The van der Waals surface area contributed by atoms with Crippen molar-refractivity contribution < 1.29 is 19.1 Å². The number of hydrogen-bond donors (Lipinski definition) is 4. The molecule has 0 saturated heterocycles. The molecule has 0 aliphatic heterocycles.